The summed E-state index contributed by atoms with van der Waals surface area (Å²) in [6.45, 7) is 3.65. The lowest BCUT2D eigenvalue weighted by molar-refractivity contribution is -0.143. The number of benzene rings is 1. The van der Waals surface area contributed by atoms with Gasteiger partial charge in [0.1, 0.15) is 6.04 Å². The molecule has 2 unspecified atom stereocenters. The summed E-state index contributed by atoms with van der Waals surface area (Å²) in [7, 11) is 1.63. The van der Waals surface area contributed by atoms with E-state index in [2.05, 4.69) is 5.32 Å². The average Bonchev–Trinajstić information content (AvgIpc) is 2.38. The Labute approximate surface area is 129 Å². The fraction of sp³-hybridized carbons (Fsp3) is 0.467. The van der Waals surface area contributed by atoms with E-state index in [0.29, 0.717) is 11.4 Å². The predicted octanol–water partition coefficient (Wildman–Crippen LogP) is 2.31. The van der Waals surface area contributed by atoms with Gasteiger partial charge < -0.3 is 10.4 Å². The lowest BCUT2D eigenvalue weighted by atomic mass is 10.1. The van der Waals surface area contributed by atoms with Crippen LogP contribution in [0.15, 0.2) is 24.3 Å². The van der Waals surface area contributed by atoms with Crippen LogP contribution >= 0.6 is 11.6 Å². The molecule has 6 heteroatoms. The molecule has 0 radical (unpaired) electrons. The van der Waals surface area contributed by atoms with Crippen LogP contribution in [0.2, 0.25) is 5.02 Å². The van der Waals surface area contributed by atoms with Gasteiger partial charge in [-0.2, -0.15) is 0 Å². The van der Waals surface area contributed by atoms with Crippen LogP contribution in [-0.2, 0) is 9.59 Å². The molecule has 2 N–H and O–H groups in total. The molecule has 0 bridgehead atoms. The quantitative estimate of drug-likeness (QED) is 0.810. The number of hydrogen-bond donors (Lipinski definition) is 2. The number of aliphatic carboxylic acids is 1. The van der Waals surface area contributed by atoms with Gasteiger partial charge in [0.25, 0.3) is 0 Å². The summed E-state index contributed by atoms with van der Waals surface area (Å²) in [6, 6.07) is 6.41. The number of carboxylic acid groups (broad SMARTS) is 1. The molecule has 1 rings (SSSR count). The third-order valence-electron chi connectivity index (χ3n) is 3.35. The molecule has 0 aliphatic heterocycles. The monoisotopic (exact) mass is 312 g/mol. The Morgan fingerprint density at radius 2 is 2.00 bits per heavy atom. The molecule has 0 aromatic heterocycles. The smallest absolute Gasteiger partial charge is 0.320 e. The van der Waals surface area contributed by atoms with Gasteiger partial charge in [-0.25, -0.2) is 0 Å². The van der Waals surface area contributed by atoms with Crippen LogP contribution in [0.25, 0.3) is 0 Å². The summed E-state index contributed by atoms with van der Waals surface area (Å²) in [5, 5.41) is 12.5. The average molecular weight is 313 g/mol. The number of nitrogens with one attached hydrogen (secondary N) is 1. The van der Waals surface area contributed by atoms with Crippen LogP contribution in [0.1, 0.15) is 31.9 Å². The van der Waals surface area contributed by atoms with E-state index in [1.165, 1.54) is 4.90 Å². The van der Waals surface area contributed by atoms with E-state index < -0.39 is 12.0 Å². The highest BCUT2D eigenvalue weighted by atomic mass is 35.5. The van der Waals surface area contributed by atoms with Crippen molar-refractivity contribution in [1.29, 1.82) is 0 Å². The number of carboxylic acids is 1. The first kappa shape index (κ1) is 17.5. The van der Waals surface area contributed by atoms with Crippen LogP contribution in [-0.4, -0.2) is 41.5 Å². The number of amides is 1. The Morgan fingerprint density at radius 1 is 1.38 bits per heavy atom. The van der Waals surface area contributed by atoms with Crippen molar-refractivity contribution < 1.29 is 14.7 Å². The molecule has 5 nitrogen and oxygen atoms in total. The van der Waals surface area contributed by atoms with Crippen LogP contribution in [0.5, 0.6) is 0 Å². The first-order chi connectivity index (χ1) is 9.86. The van der Waals surface area contributed by atoms with Gasteiger partial charge >= 0.3 is 5.97 Å². The molecule has 2 atom stereocenters. The maximum atomic E-state index is 12.0. The second-order valence-corrected chi connectivity index (χ2v) is 5.40. The Hall–Kier alpha value is -1.59. The largest absolute Gasteiger partial charge is 0.480 e. The molecule has 0 spiro atoms. The lowest BCUT2D eigenvalue weighted by Crippen LogP contribution is -2.44. The van der Waals surface area contributed by atoms with E-state index in [1.54, 1.807) is 20.0 Å². The fourth-order valence-electron chi connectivity index (χ4n) is 2.20. The Bertz CT molecular complexity index is 507. The fourth-order valence-corrected chi connectivity index (χ4v) is 2.50. The van der Waals surface area contributed by atoms with Crippen LogP contribution in [0.3, 0.4) is 0 Å². The van der Waals surface area contributed by atoms with Crippen molar-refractivity contribution in [3.63, 3.8) is 0 Å². The summed E-state index contributed by atoms with van der Waals surface area (Å²) >= 11 is 6.08. The Kier molecular flexibility index (Phi) is 6.65. The van der Waals surface area contributed by atoms with Crippen LogP contribution in [0, 0.1) is 0 Å². The third kappa shape index (κ3) is 5.02. The van der Waals surface area contributed by atoms with Gasteiger partial charge in [-0.3, -0.25) is 14.5 Å². The molecule has 0 fully saturated rings. The van der Waals surface area contributed by atoms with Gasteiger partial charge in [0.2, 0.25) is 5.91 Å². The first-order valence-electron chi connectivity index (χ1n) is 6.83. The van der Waals surface area contributed by atoms with Crippen molar-refractivity contribution in [3.05, 3.63) is 34.9 Å². The van der Waals surface area contributed by atoms with Crippen molar-refractivity contribution in [3.8, 4) is 0 Å². The second-order valence-electron chi connectivity index (χ2n) is 4.99. The first-order valence-corrected chi connectivity index (χ1v) is 7.21. The minimum atomic E-state index is -0.924. The van der Waals surface area contributed by atoms with E-state index in [-0.39, 0.29) is 18.5 Å². The number of carbonyl (C=O) groups excluding carboxylic acids is 1. The van der Waals surface area contributed by atoms with Gasteiger partial charge in [0.15, 0.2) is 0 Å². The van der Waals surface area contributed by atoms with E-state index >= 15 is 0 Å². The van der Waals surface area contributed by atoms with E-state index in [4.69, 9.17) is 16.7 Å². The molecule has 1 amide bonds. The molecule has 0 aliphatic rings. The van der Waals surface area contributed by atoms with Crippen molar-refractivity contribution in [2.75, 3.05) is 13.6 Å². The molecular weight excluding hydrogens is 292 g/mol. The van der Waals surface area contributed by atoms with Gasteiger partial charge in [-0.1, -0.05) is 36.7 Å². The lowest BCUT2D eigenvalue weighted by Gasteiger charge is -2.24. The maximum absolute atomic E-state index is 12.0. The summed E-state index contributed by atoms with van der Waals surface area (Å²) in [4.78, 5) is 24.6. The number of nitrogens with zero attached hydrogens (tertiary/aromatic N) is 1. The molecular formula is C15H21ClN2O3. The third-order valence-corrected chi connectivity index (χ3v) is 3.69. The summed E-state index contributed by atoms with van der Waals surface area (Å²) in [5.74, 6) is -1.16. The number of hydrogen-bond acceptors (Lipinski definition) is 3. The van der Waals surface area contributed by atoms with Crippen molar-refractivity contribution in [1.82, 2.24) is 10.2 Å². The molecule has 1 aromatic carbocycles. The number of likely N-dealkylation sites (N-methyl/N-ethyl adjacent to an activating group) is 1. The van der Waals surface area contributed by atoms with Crippen LogP contribution in [0.4, 0.5) is 0 Å². The van der Waals surface area contributed by atoms with Crippen molar-refractivity contribution in [2.24, 2.45) is 0 Å². The second kappa shape index (κ2) is 8.00. The molecule has 0 saturated heterocycles. The zero-order valence-corrected chi connectivity index (χ0v) is 13.2. The number of rotatable bonds is 7. The number of carbonyl (C=O) groups is 2. The molecule has 1 aromatic rings. The van der Waals surface area contributed by atoms with Gasteiger partial charge in [0, 0.05) is 5.02 Å². The summed E-state index contributed by atoms with van der Waals surface area (Å²) in [5.41, 5.74) is 0.834. The SMILES string of the molecule is CCC(C(=O)O)N(C)CC(=O)NC(C)c1ccccc1Cl. The highest BCUT2D eigenvalue weighted by Gasteiger charge is 2.23. The minimum absolute atomic E-state index is 0.0274. The maximum Gasteiger partial charge on any atom is 0.320 e. The van der Waals surface area contributed by atoms with Gasteiger partial charge in [0.05, 0.1) is 12.6 Å². The summed E-state index contributed by atoms with van der Waals surface area (Å²) in [6.07, 6.45) is 0.444. The predicted molar refractivity (Wildman–Crippen MR) is 82.4 cm³/mol. The Morgan fingerprint density at radius 3 is 2.52 bits per heavy atom. The van der Waals surface area contributed by atoms with E-state index in [0.717, 1.165) is 5.56 Å². The van der Waals surface area contributed by atoms with Gasteiger partial charge in [-0.15, -0.1) is 0 Å². The Balaban J connectivity index is 2.61. The number of halogens is 1. The van der Waals surface area contributed by atoms with E-state index in [9.17, 15) is 9.59 Å². The summed E-state index contributed by atoms with van der Waals surface area (Å²) < 4.78 is 0. The minimum Gasteiger partial charge on any atom is -0.480 e. The molecule has 116 valence electrons. The van der Waals surface area contributed by atoms with E-state index in [1.807, 2.05) is 25.1 Å². The van der Waals surface area contributed by atoms with Gasteiger partial charge in [-0.05, 0) is 32.0 Å². The van der Waals surface area contributed by atoms with Crippen molar-refractivity contribution in [2.45, 2.75) is 32.4 Å². The highest BCUT2D eigenvalue weighted by Crippen LogP contribution is 2.21. The molecule has 0 saturated carbocycles. The molecule has 0 aliphatic carbocycles. The zero-order valence-electron chi connectivity index (χ0n) is 12.5. The molecule has 21 heavy (non-hydrogen) atoms. The topological polar surface area (TPSA) is 69.6 Å². The molecule has 0 heterocycles. The standard InChI is InChI=1S/C15H21ClN2O3/c1-4-13(15(20)21)18(3)9-14(19)17-10(2)11-7-5-6-8-12(11)16/h5-8,10,13H,4,9H2,1-3H3,(H,17,19)(H,20,21). The zero-order chi connectivity index (χ0) is 16.0. The highest BCUT2D eigenvalue weighted by molar-refractivity contribution is 6.31. The normalized spacial score (nSPS) is 13.8. The van der Waals surface area contributed by atoms with Crippen LogP contribution < -0.4 is 5.32 Å². The van der Waals surface area contributed by atoms with Crippen molar-refractivity contribution >= 4 is 23.5 Å².